The molecule has 0 saturated carbocycles. The van der Waals surface area contributed by atoms with E-state index in [4.69, 9.17) is 10.5 Å². The van der Waals surface area contributed by atoms with Gasteiger partial charge in [0.25, 0.3) is 0 Å². The molecule has 0 aliphatic carbocycles. The normalized spacial score (nSPS) is 12.9. The molecule has 0 radical (unpaired) electrons. The number of carbonyl (C=O) groups excluding carboxylic acids is 1. The van der Waals surface area contributed by atoms with Crippen LogP contribution >= 0.6 is 0 Å². The molecule has 3 N–H and O–H groups in total. The number of aryl methyl sites for hydroxylation is 1. The molecule has 0 aromatic heterocycles. The van der Waals surface area contributed by atoms with Crippen molar-refractivity contribution in [2.75, 3.05) is 6.61 Å². The summed E-state index contributed by atoms with van der Waals surface area (Å²) in [7, 11) is 0. The molecule has 0 fully saturated rings. The summed E-state index contributed by atoms with van der Waals surface area (Å²) < 4.78 is 5.54. The van der Waals surface area contributed by atoms with E-state index >= 15 is 0 Å². The van der Waals surface area contributed by atoms with Crippen LogP contribution in [0.4, 0.5) is 0 Å². The monoisotopic (exact) mass is 264 g/mol. The van der Waals surface area contributed by atoms with E-state index in [9.17, 15) is 4.79 Å². The van der Waals surface area contributed by atoms with Crippen LogP contribution in [0.25, 0.3) is 0 Å². The van der Waals surface area contributed by atoms with Crippen molar-refractivity contribution in [3.05, 3.63) is 29.8 Å². The van der Waals surface area contributed by atoms with Gasteiger partial charge in [0.2, 0.25) is 5.91 Å². The minimum absolute atomic E-state index is 0.0463. The van der Waals surface area contributed by atoms with Gasteiger partial charge in [-0.25, -0.2) is 0 Å². The van der Waals surface area contributed by atoms with Crippen molar-refractivity contribution in [1.82, 2.24) is 5.32 Å². The Morgan fingerprint density at radius 2 is 2.16 bits per heavy atom. The van der Waals surface area contributed by atoms with Gasteiger partial charge in [0, 0.05) is 11.6 Å². The topological polar surface area (TPSA) is 64.3 Å². The zero-order valence-electron chi connectivity index (χ0n) is 12.2. The van der Waals surface area contributed by atoms with Gasteiger partial charge in [0.15, 0.2) is 0 Å². The van der Waals surface area contributed by atoms with Crippen molar-refractivity contribution < 1.29 is 9.53 Å². The molecule has 1 rings (SSSR count). The fraction of sp³-hybridized carbons (Fsp3) is 0.533. The summed E-state index contributed by atoms with van der Waals surface area (Å²) in [5, 5.41) is 2.91. The minimum atomic E-state index is -0.402. The zero-order valence-corrected chi connectivity index (χ0v) is 12.2. The molecule has 1 atom stereocenters. The van der Waals surface area contributed by atoms with Gasteiger partial charge in [-0.1, -0.05) is 12.1 Å². The Labute approximate surface area is 115 Å². The molecule has 0 aliphatic rings. The zero-order chi connectivity index (χ0) is 14.5. The van der Waals surface area contributed by atoms with Crippen LogP contribution in [0, 0.1) is 6.92 Å². The first-order chi connectivity index (χ1) is 8.81. The summed E-state index contributed by atoms with van der Waals surface area (Å²) in [6, 6.07) is 7.67. The molecule has 1 unspecified atom stereocenters. The summed E-state index contributed by atoms with van der Waals surface area (Å²) in [6.07, 6.45) is 0.324. The van der Waals surface area contributed by atoms with E-state index in [1.165, 1.54) is 0 Å². The number of hydrogen-bond donors (Lipinski definition) is 2. The van der Waals surface area contributed by atoms with Crippen molar-refractivity contribution in [2.45, 2.75) is 45.7 Å². The maximum atomic E-state index is 11.8. The van der Waals surface area contributed by atoms with Crippen molar-refractivity contribution in [2.24, 2.45) is 5.73 Å². The third-order valence-corrected chi connectivity index (χ3v) is 3.19. The number of ether oxygens (including phenoxy) is 1. The van der Waals surface area contributed by atoms with Crippen molar-refractivity contribution in [3.8, 4) is 5.75 Å². The molecule has 4 nitrogen and oxygen atoms in total. The van der Waals surface area contributed by atoms with E-state index in [2.05, 4.69) is 5.32 Å². The van der Waals surface area contributed by atoms with E-state index in [0.717, 1.165) is 11.3 Å². The van der Waals surface area contributed by atoms with Crippen molar-refractivity contribution >= 4 is 5.91 Å². The number of nitrogens with one attached hydrogen (secondary N) is 1. The molecule has 0 heterocycles. The number of hydrogen-bond acceptors (Lipinski definition) is 3. The SMILES string of the molecule is Cc1cccc(OCCC(=O)NC(C)(C)C(C)N)c1. The highest BCUT2D eigenvalue weighted by Gasteiger charge is 2.24. The van der Waals surface area contributed by atoms with E-state index < -0.39 is 5.54 Å². The fourth-order valence-electron chi connectivity index (χ4n) is 1.50. The molecule has 106 valence electrons. The Bertz CT molecular complexity index is 428. The van der Waals surface area contributed by atoms with Gasteiger partial charge in [-0.2, -0.15) is 0 Å². The molecule has 4 heteroatoms. The van der Waals surface area contributed by atoms with E-state index in [0.29, 0.717) is 13.0 Å². The van der Waals surface area contributed by atoms with Crippen LogP contribution in [0.2, 0.25) is 0 Å². The molecule has 19 heavy (non-hydrogen) atoms. The predicted molar refractivity (Wildman–Crippen MR) is 77.2 cm³/mol. The van der Waals surface area contributed by atoms with Crippen LogP contribution in [-0.4, -0.2) is 24.1 Å². The second kappa shape index (κ2) is 6.57. The fourth-order valence-corrected chi connectivity index (χ4v) is 1.50. The van der Waals surface area contributed by atoms with Crippen LogP contribution in [-0.2, 0) is 4.79 Å². The summed E-state index contributed by atoms with van der Waals surface area (Å²) in [4.78, 5) is 11.8. The molecule has 0 bridgehead atoms. The number of carbonyl (C=O) groups is 1. The Morgan fingerprint density at radius 1 is 1.47 bits per heavy atom. The average Bonchev–Trinajstić information content (AvgIpc) is 2.28. The summed E-state index contributed by atoms with van der Waals surface area (Å²) in [5.41, 5.74) is 6.55. The van der Waals surface area contributed by atoms with Gasteiger partial charge in [-0.3, -0.25) is 4.79 Å². The second-order valence-corrected chi connectivity index (χ2v) is 5.47. The molecule has 1 amide bonds. The highest BCUT2D eigenvalue weighted by atomic mass is 16.5. The standard InChI is InChI=1S/C15H24N2O2/c1-11-6-5-7-13(10-11)19-9-8-14(18)17-15(3,4)12(2)16/h5-7,10,12H,8-9,16H2,1-4H3,(H,17,18). The highest BCUT2D eigenvalue weighted by molar-refractivity contribution is 5.76. The first-order valence-corrected chi connectivity index (χ1v) is 6.57. The predicted octanol–water partition coefficient (Wildman–Crippen LogP) is 2.01. The van der Waals surface area contributed by atoms with E-state index in [1.807, 2.05) is 52.0 Å². The van der Waals surface area contributed by atoms with Crippen LogP contribution < -0.4 is 15.8 Å². The lowest BCUT2D eigenvalue weighted by Crippen LogP contribution is -2.54. The van der Waals surface area contributed by atoms with Gasteiger partial charge >= 0.3 is 0 Å². The van der Waals surface area contributed by atoms with Crippen LogP contribution in [0.15, 0.2) is 24.3 Å². The molecule has 0 saturated heterocycles. The first kappa shape index (κ1) is 15.5. The second-order valence-electron chi connectivity index (χ2n) is 5.47. The van der Waals surface area contributed by atoms with Crippen LogP contribution in [0.1, 0.15) is 32.8 Å². The molecule has 0 aliphatic heterocycles. The van der Waals surface area contributed by atoms with E-state index in [1.54, 1.807) is 0 Å². The van der Waals surface area contributed by atoms with Crippen LogP contribution in [0.5, 0.6) is 5.75 Å². The number of nitrogens with two attached hydrogens (primary N) is 1. The lowest BCUT2D eigenvalue weighted by molar-refractivity contribution is -0.123. The van der Waals surface area contributed by atoms with Crippen molar-refractivity contribution in [1.29, 1.82) is 0 Å². The smallest absolute Gasteiger partial charge is 0.223 e. The van der Waals surface area contributed by atoms with Gasteiger partial charge in [0.1, 0.15) is 5.75 Å². The first-order valence-electron chi connectivity index (χ1n) is 6.57. The summed E-state index contributed by atoms with van der Waals surface area (Å²) in [6.45, 7) is 8.08. The van der Waals surface area contributed by atoms with Gasteiger partial charge in [-0.05, 0) is 45.4 Å². The summed E-state index contributed by atoms with van der Waals surface area (Å²) >= 11 is 0. The maximum Gasteiger partial charge on any atom is 0.223 e. The number of rotatable bonds is 6. The lowest BCUT2D eigenvalue weighted by Gasteiger charge is -2.30. The highest BCUT2D eigenvalue weighted by Crippen LogP contribution is 2.12. The lowest BCUT2D eigenvalue weighted by atomic mass is 9.97. The minimum Gasteiger partial charge on any atom is -0.493 e. The van der Waals surface area contributed by atoms with E-state index in [-0.39, 0.29) is 11.9 Å². The Hall–Kier alpha value is -1.55. The Morgan fingerprint density at radius 3 is 2.74 bits per heavy atom. The third kappa shape index (κ3) is 5.30. The molecule has 1 aromatic rings. The quantitative estimate of drug-likeness (QED) is 0.826. The van der Waals surface area contributed by atoms with Gasteiger partial charge in [-0.15, -0.1) is 0 Å². The summed E-state index contributed by atoms with van der Waals surface area (Å²) in [5.74, 6) is 0.745. The third-order valence-electron chi connectivity index (χ3n) is 3.19. The van der Waals surface area contributed by atoms with Gasteiger partial charge < -0.3 is 15.8 Å². The molecular formula is C15H24N2O2. The van der Waals surface area contributed by atoms with Gasteiger partial charge in [0.05, 0.1) is 13.0 Å². The maximum absolute atomic E-state index is 11.8. The Balaban J connectivity index is 2.35. The molecule has 1 aromatic carbocycles. The largest absolute Gasteiger partial charge is 0.493 e. The number of benzene rings is 1. The van der Waals surface area contributed by atoms with Crippen molar-refractivity contribution in [3.63, 3.8) is 0 Å². The average molecular weight is 264 g/mol. The molecular weight excluding hydrogens is 240 g/mol. The Kier molecular flexibility index (Phi) is 5.36. The van der Waals surface area contributed by atoms with Crippen LogP contribution in [0.3, 0.4) is 0 Å². The number of amides is 1. The molecule has 0 spiro atoms.